The minimum atomic E-state index is 0.494. The van der Waals surface area contributed by atoms with Crippen molar-refractivity contribution in [2.75, 3.05) is 12.0 Å². The number of rotatable bonds is 3. The third kappa shape index (κ3) is 2.20. The minimum Gasteiger partial charge on any atom is -0.458 e. The van der Waals surface area contributed by atoms with Crippen LogP contribution in [0, 0.1) is 0 Å². The monoisotopic (exact) mass is 260 g/mol. The molecule has 0 bridgehead atoms. The number of nitrogens with two attached hydrogens (primary N) is 1. The summed E-state index contributed by atoms with van der Waals surface area (Å²) in [6, 6.07) is 3.83. The summed E-state index contributed by atoms with van der Waals surface area (Å²) in [7, 11) is 0. The Labute approximate surface area is 111 Å². The third-order valence-electron chi connectivity index (χ3n) is 3.19. The second-order valence-electron chi connectivity index (χ2n) is 4.39. The number of hydrogen-bond acceptors (Lipinski definition) is 6. The van der Waals surface area contributed by atoms with Crippen molar-refractivity contribution in [2.45, 2.75) is 26.4 Å². The Morgan fingerprint density at radius 2 is 2.26 bits per heavy atom. The van der Waals surface area contributed by atoms with Crippen molar-refractivity contribution < 1.29 is 9.15 Å². The molecule has 1 aliphatic heterocycles. The average Bonchev–Trinajstić information content (AvgIpc) is 2.95. The lowest BCUT2D eigenvalue weighted by atomic mass is 10.1. The van der Waals surface area contributed by atoms with Crippen molar-refractivity contribution >= 4 is 5.82 Å². The van der Waals surface area contributed by atoms with Gasteiger partial charge in [-0.3, -0.25) is 0 Å². The number of aromatic nitrogens is 2. The Morgan fingerprint density at radius 1 is 1.37 bits per heavy atom. The molecule has 2 aromatic rings. The highest BCUT2D eigenvalue weighted by atomic mass is 16.5. The molecule has 0 fully saturated rings. The van der Waals surface area contributed by atoms with E-state index in [1.807, 2.05) is 19.1 Å². The number of nitrogens with zero attached hydrogens (tertiary/aromatic N) is 2. The first-order chi connectivity index (χ1) is 9.31. The number of nitrogen functional groups attached to an aromatic ring is 1. The van der Waals surface area contributed by atoms with Crippen molar-refractivity contribution in [2.24, 2.45) is 5.84 Å². The summed E-state index contributed by atoms with van der Waals surface area (Å²) in [4.78, 5) is 8.96. The first-order valence-electron chi connectivity index (χ1n) is 6.35. The van der Waals surface area contributed by atoms with Gasteiger partial charge in [0.15, 0.2) is 11.6 Å². The molecule has 3 heterocycles. The maximum absolute atomic E-state index is 5.68. The van der Waals surface area contributed by atoms with Crippen molar-refractivity contribution in [3.8, 4) is 11.6 Å². The number of fused-ring (bicyclic) bond motifs is 1. The summed E-state index contributed by atoms with van der Waals surface area (Å²) in [5.41, 5.74) is 4.51. The van der Waals surface area contributed by atoms with E-state index < -0.39 is 0 Å². The zero-order chi connectivity index (χ0) is 13.2. The SMILES string of the molecule is CCc1ccc(-c2nc3c(c(NN)n2)COCC3)o1. The maximum atomic E-state index is 5.68. The first-order valence-corrected chi connectivity index (χ1v) is 6.35. The molecule has 3 rings (SSSR count). The number of nitrogens with one attached hydrogen (secondary N) is 1. The second-order valence-corrected chi connectivity index (χ2v) is 4.39. The molecule has 6 nitrogen and oxygen atoms in total. The van der Waals surface area contributed by atoms with Gasteiger partial charge in [0.25, 0.3) is 0 Å². The number of furan rings is 1. The minimum absolute atomic E-state index is 0.494. The van der Waals surface area contributed by atoms with Gasteiger partial charge in [-0.15, -0.1) is 0 Å². The molecule has 2 aromatic heterocycles. The zero-order valence-corrected chi connectivity index (χ0v) is 10.8. The molecule has 0 atom stereocenters. The number of aryl methyl sites for hydroxylation is 1. The average molecular weight is 260 g/mol. The Bertz CT molecular complexity index is 577. The van der Waals surface area contributed by atoms with E-state index in [0.717, 1.165) is 29.9 Å². The van der Waals surface area contributed by atoms with E-state index in [0.29, 0.717) is 30.6 Å². The smallest absolute Gasteiger partial charge is 0.197 e. The molecule has 0 saturated carbocycles. The summed E-state index contributed by atoms with van der Waals surface area (Å²) in [5, 5.41) is 0. The number of anilines is 1. The van der Waals surface area contributed by atoms with Crippen LogP contribution in [0.4, 0.5) is 5.82 Å². The van der Waals surface area contributed by atoms with E-state index >= 15 is 0 Å². The van der Waals surface area contributed by atoms with Crippen LogP contribution < -0.4 is 11.3 Å². The Hall–Kier alpha value is -1.92. The highest BCUT2D eigenvalue weighted by Gasteiger charge is 2.19. The molecule has 0 unspecified atom stereocenters. The number of hydrazine groups is 1. The highest BCUT2D eigenvalue weighted by molar-refractivity contribution is 5.55. The van der Waals surface area contributed by atoms with E-state index in [4.69, 9.17) is 15.0 Å². The fourth-order valence-electron chi connectivity index (χ4n) is 2.15. The van der Waals surface area contributed by atoms with Crippen LogP contribution >= 0.6 is 0 Å². The lowest BCUT2D eigenvalue weighted by Crippen LogP contribution is -2.19. The maximum Gasteiger partial charge on any atom is 0.197 e. The lowest BCUT2D eigenvalue weighted by molar-refractivity contribution is 0.109. The second kappa shape index (κ2) is 4.99. The van der Waals surface area contributed by atoms with Crippen LogP contribution in [0.3, 0.4) is 0 Å². The van der Waals surface area contributed by atoms with Crippen molar-refractivity contribution in [1.82, 2.24) is 9.97 Å². The summed E-state index contributed by atoms with van der Waals surface area (Å²) >= 11 is 0. The zero-order valence-electron chi connectivity index (χ0n) is 10.8. The van der Waals surface area contributed by atoms with Gasteiger partial charge in [-0.2, -0.15) is 0 Å². The van der Waals surface area contributed by atoms with Gasteiger partial charge in [0.05, 0.1) is 18.9 Å². The van der Waals surface area contributed by atoms with Gasteiger partial charge < -0.3 is 14.6 Å². The first kappa shape index (κ1) is 12.1. The van der Waals surface area contributed by atoms with Gasteiger partial charge in [0.2, 0.25) is 0 Å². The Kier molecular flexibility index (Phi) is 3.18. The van der Waals surface area contributed by atoms with Gasteiger partial charge in [-0.25, -0.2) is 15.8 Å². The normalized spacial score (nSPS) is 14.2. The van der Waals surface area contributed by atoms with Crippen LogP contribution in [0.25, 0.3) is 11.6 Å². The Morgan fingerprint density at radius 3 is 3.00 bits per heavy atom. The predicted octanol–water partition coefficient (Wildman–Crippen LogP) is 1.66. The van der Waals surface area contributed by atoms with Gasteiger partial charge in [-0.1, -0.05) is 6.92 Å². The lowest BCUT2D eigenvalue weighted by Gasteiger charge is -2.18. The van der Waals surface area contributed by atoms with Crippen LogP contribution in [-0.2, 0) is 24.2 Å². The van der Waals surface area contributed by atoms with E-state index in [2.05, 4.69) is 15.4 Å². The van der Waals surface area contributed by atoms with E-state index in [1.165, 1.54) is 0 Å². The van der Waals surface area contributed by atoms with Gasteiger partial charge >= 0.3 is 0 Å². The largest absolute Gasteiger partial charge is 0.458 e. The van der Waals surface area contributed by atoms with Crippen LogP contribution in [-0.4, -0.2) is 16.6 Å². The summed E-state index contributed by atoms with van der Waals surface area (Å²) in [6.45, 7) is 3.21. The fourth-order valence-corrected chi connectivity index (χ4v) is 2.15. The fraction of sp³-hybridized carbons (Fsp3) is 0.385. The van der Waals surface area contributed by atoms with Crippen LogP contribution in [0.15, 0.2) is 16.5 Å². The molecule has 6 heteroatoms. The molecule has 19 heavy (non-hydrogen) atoms. The molecule has 0 spiro atoms. The molecule has 0 aliphatic carbocycles. The van der Waals surface area contributed by atoms with Crippen LogP contribution in [0.5, 0.6) is 0 Å². The van der Waals surface area contributed by atoms with E-state index in [-0.39, 0.29) is 0 Å². The van der Waals surface area contributed by atoms with Gasteiger partial charge in [0, 0.05) is 18.4 Å². The molecule has 0 aromatic carbocycles. The number of ether oxygens (including phenoxy) is 1. The molecule has 0 radical (unpaired) electrons. The van der Waals surface area contributed by atoms with Crippen LogP contribution in [0.2, 0.25) is 0 Å². The summed E-state index contributed by atoms with van der Waals surface area (Å²) < 4.78 is 11.1. The molecule has 100 valence electrons. The van der Waals surface area contributed by atoms with Crippen molar-refractivity contribution in [3.05, 3.63) is 29.2 Å². The van der Waals surface area contributed by atoms with Crippen molar-refractivity contribution in [1.29, 1.82) is 0 Å². The third-order valence-corrected chi connectivity index (χ3v) is 3.19. The van der Waals surface area contributed by atoms with Gasteiger partial charge in [0.1, 0.15) is 11.6 Å². The quantitative estimate of drug-likeness (QED) is 0.644. The summed E-state index contributed by atoms with van der Waals surface area (Å²) in [6.07, 6.45) is 1.61. The predicted molar refractivity (Wildman–Crippen MR) is 70.3 cm³/mol. The molecule has 1 aliphatic rings. The van der Waals surface area contributed by atoms with Gasteiger partial charge in [-0.05, 0) is 12.1 Å². The topological polar surface area (TPSA) is 86.2 Å². The molecular weight excluding hydrogens is 244 g/mol. The molecule has 0 amide bonds. The highest BCUT2D eigenvalue weighted by Crippen LogP contribution is 2.26. The van der Waals surface area contributed by atoms with E-state index in [9.17, 15) is 0 Å². The van der Waals surface area contributed by atoms with E-state index in [1.54, 1.807) is 0 Å². The standard InChI is InChI=1S/C13H16N4O2/c1-2-8-3-4-11(19-8)13-15-10-5-6-18-7-9(10)12(16-13)17-14/h3-4H,2,5-7,14H2,1H3,(H,15,16,17). The number of hydrogen-bond donors (Lipinski definition) is 2. The molecule has 3 N–H and O–H groups in total. The van der Waals surface area contributed by atoms with Crippen molar-refractivity contribution in [3.63, 3.8) is 0 Å². The molecule has 0 saturated heterocycles. The Balaban J connectivity index is 2.06. The van der Waals surface area contributed by atoms with Crippen LogP contribution in [0.1, 0.15) is 23.9 Å². The summed E-state index contributed by atoms with van der Waals surface area (Å²) in [5.74, 6) is 8.28. The molecular formula is C13H16N4O2.